The summed E-state index contributed by atoms with van der Waals surface area (Å²) in [5.41, 5.74) is 1.43. The minimum atomic E-state index is -0.306. The topological polar surface area (TPSA) is 89.6 Å². The van der Waals surface area contributed by atoms with Crippen molar-refractivity contribution in [3.63, 3.8) is 0 Å². The third kappa shape index (κ3) is 4.64. The molecule has 0 aliphatic carbocycles. The molecular formula is C21H19N3O4. The van der Waals surface area contributed by atoms with Gasteiger partial charge >= 0.3 is 0 Å². The van der Waals surface area contributed by atoms with Crippen molar-refractivity contribution in [2.75, 3.05) is 24.9 Å². The maximum Gasteiger partial charge on any atom is 0.256 e. The van der Waals surface area contributed by atoms with Gasteiger partial charge in [-0.15, -0.1) is 0 Å². The number of hydrogen-bond donors (Lipinski definition) is 2. The molecule has 7 heteroatoms. The molecule has 2 N–H and O–H groups in total. The van der Waals surface area contributed by atoms with Crippen LogP contribution in [0.1, 0.15) is 20.7 Å². The molecule has 3 aromatic rings. The lowest BCUT2D eigenvalue weighted by Gasteiger charge is -2.08. The Bertz CT molecular complexity index is 906. The average molecular weight is 377 g/mol. The van der Waals surface area contributed by atoms with Crippen LogP contribution in [0.2, 0.25) is 0 Å². The Morgan fingerprint density at radius 3 is 1.86 bits per heavy atom. The second kappa shape index (κ2) is 8.68. The molecule has 1 aromatic heterocycles. The molecule has 142 valence electrons. The quantitative estimate of drug-likeness (QED) is 0.685. The molecule has 2 aromatic carbocycles. The average Bonchev–Trinajstić information content (AvgIpc) is 2.75. The molecule has 28 heavy (non-hydrogen) atoms. The zero-order chi connectivity index (χ0) is 19.9. The van der Waals surface area contributed by atoms with Crippen LogP contribution < -0.4 is 20.1 Å². The first-order valence-electron chi connectivity index (χ1n) is 8.46. The van der Waals surface area contributed by atoms with Crippen LogP contribution in [0.3, 0.4) is 0 Å². The number of benzene rings is 2. The zero-order valence-electron chi connectivity index (χ0n) is 15.4. The maximum atomic E-state index is 12.3. The normalized spacial score (nSPS) is 10.1. The van der Waals surface area contributed by atoms with E-state index < -0.39 is 0 Å². The third-order valence-electron chi connectivity index (χ3n) is 3.93. The van der Waals surface area contributed by atoms with E-state index in [0.29, 0.717) is 34.1 Å². The Morgan fingerprint density at radius 2 is 1.36 bits per heavy atom. The molecule has 0 saturated carbocycles. The number of aromatic nitrogens is 1. The Balaban J connectivity index is 1.64. The number of carbonyl (C=O) groups is 2. The van der Waals surface area contributed by atoms with Crippen LogP contribution in [-0.2, 0) is 0 Å². The standard InChI is InChI=1S/C21H19N3O4/c1-27-17-7-3-5-14(11-17)20(25)23-16-9-10-19(22-13-16)24-21(26)15-6-4-8-18(12-15)28-2/h3-13H,1-2H3,(H,23,25)(H,22,24,26). The number of carbonyl (C=O) groups excluding carboxylic acids is 2. The largest absolute Gasteiger partial charge is 0.497 e. The van der Waals surface area contributed by atoms with Crippen LogP contribution in [0.25, 0.3) is 0 Å². The lowest BCUT2D eigenvalue weighted by Crippen LogP contribution is -2.14. The summed E-state index contributed by atoms with van der Waals surface area (Å²) >= 11 is 0. The molecule has 3 rings (SSSR count). The summed E-state index contributed by atoms with van der Waals surface area (Å²) < 4.78 is 10.2. The number of methoxy groups -OCH3 is 2. The van der Waals surface area contributed by atoms with E-state index in [9.17, 15) is 9.59 Å². The van der Waals surface area contributed by atoms with Crippen molar-refractivity contribution >= 4 is 23.3 Å². The highest BCUT2D eigenvalue weighted by Gasteiger charge is 2.10. The summed E-state index contributed by atoms with van der Waals surface area (Å²) in [6.07, 6.45) is 1.47. The van der Waals surface area contributed by atoms with Crippen molar-refractivity contribution in [2.24, 2.45) is 0 Å². The monoisotopic (exact) mass is 377 g/mol. The van der Waals surface area contributed by atoms with Crippen molar-refractivity contribution in [3.8, 4) is 11.5 Å². The number of anilines is 2. The van der Waals surface area contributed by atoms with Crippen molar-refractivity contribution in [1.29, 1.82) is 0 Å². The molecule has 0 radical (unpaired) electrons. The first-order chi connectivity index (χ1) is 13.6. The number of amides is 2. The number of pyridine rings is 1. The molecule has 7 nitrogen and oxygen atoms in total. The van der Waals surface area contributed by atoms with E-state index in [1.165, 1.54) is 13.3 Å². The van der Waals surface area contributed by atoms with Crippen molar-refractivity contribution < 1.29 is 19.1 Å². The van der Waals surface area contributed by atoms with E-state index in [1.54, 1.807) is 67.8 Å². The van der Waals surface area contributed by atoms with Crippen molar-refractivity contribution in [3.05, 3.63) is 78.0 Å². The van der Waals surface area contributed by atoms with Crippen LogP contribution in [0.5, 0.6) is 11.5 Å². The van der Waals surface area contributed by atoms with E-state index in [-0.39, 0.29) is 11.8 Å². The smallest absolute Gasteiger partial charge is 0.256 e. The Morgan fingerprint density at radius 1 is 0.786 bits per heavy atom. The van der Waals surface area contributed by atoms with Crippen LogP contribution in [0.4, 0.5) is 11.5 Å². The fraction of sp³-hybridized carbons (Fsp3) is 0.0952. The molecular weight excluding hydrogens is 358 g/mol. The highest BCUT2D eigenvalue weighted by Crippen LogP contribution is 2.17. The van der Waals surface area contributed by atoms with Crippen molar-refractivity contribution in [2.45, 2.75) is 0 Å². The summed E-state index contributed by atoms with van der Waals surface area (Å²) in [4.78, 5) is 28.8. The van der Waals surface area contributed by atoms with Crippen LogP contribution in [0, 0.1) is 0 Å². The minimum absolute atomic E-state index is 0.283. The Kier molecular flexibility index (Phi) is 5.86. The molecule has 0 aliphatic heterocycles. The van der Waals surface area contributed by atoms with E-state index in [2.05, 4.69) is 15.6 Å². The van der Waals surface area contributed by atoms with Crippen LogP contribution in [0.15, 0.2) is 66.9 Å². The second-order valence-electron chi connectivity index (χ2n) is 5.80. The molecule has 1 heterocycles. The van der Waals surface area contributed by atoms with Gasteiger partial charge in [0.1, 0.15) is 17.3 Å². The van der Waals surface area contributed by atoms with Gasteiger partial charge in [0.25, 0.3) is 11.8 Å². The number of ether oxygens (including phenoxy) is 2. The van der Waals surface area contributed by atoms with Gasteiger partial charge in [0.05, 0.1) is 26.1 Å². The van der Waals surface area contributed by atoms with Gasteiger partial charge in [-0.3, -0.25) is 9.59 Å². The molecule has 0 atom stereocenters. The first kappa shape index (κ1) is 18.9. The summed E-state index contributed by atoms with van der Waals surface area (Å²) in [5, 5.41) is 5.45. The minimum Gasteiger partial charge on any atom is -0.497 e. The molecule has 2 amide bonds. The van der Waals surface area contributed by atoms with Gasteiger partial charge in [-0.1, -0.05) is 12.1 Å². The SMILES string of the molecule is COc1cccc(C(=O)Nc2ccc(NC(=O)c3cccc(OC)c3)nc2)c1. The number of hydrogen-bond acceptors (Lipinski definition) is 5. The maximum absolute atomic E-state index is 12.3. The summed E-state index contributed by atoms with van der Waals surface area (Å²) in [6.45, 7) is 0. The van der Waals surface area contributed by atoms with Gasteiger partial charge in [-0.25, -0.2) is 4.98 Å². The van der Waals surface area contributed by atoms with E-state index in [1.807, 2.05) is 0 Å². The Labute approximate surface area is 162 Å². The number of nitrogens with zero attached hydrogens (tertiary/aromatic N) is 1. The highest BCUT2D eigenvalue weighted by molar-refractivity contribution is 6.05. The molecule has 0 aliphatic rings. The Hall–Kier alpha value is -3.87. The van der Waals surface area contributed by atoms with Gasteiger partial charge in [0.15, 0.2) is 0 Å². The fourth-order valence-electron chi connectivity index (χ4n) is 2.46. The highest BCUT2D eigenvalue weighted by atomic mass is 16.5. The number of nitrogens with one attached hydrogen (secondary N) is 2. The lowest BCUT2D eigenvalue weighted by molar-refractivity contribution is 0.101. The van der Waals surface area contributed by atoms with E-state index in [4.69, 9.17) is 9.47 Å². The summed E-state index contributed by atoms with van der Waals surface area (Å²) in [7, 11) is 3.08. The fourth-order valence-corrected chi connectivity index (χ4v) is 2.46. The molecule has 0 bridgehead atoms. The van der Waals surface area contributed by atoms with Gasteiger partial charge in [-0.05, 0) is 48.5 Å². The van der Waals surface area contributed by atoms with Crippen LogP contribution in [-0.4, -0.2) is 31.0 Å². The molecule has 0 saturated heterocycles. The summed E-state index contributed by atoms with van der Waals surface area (Å²) in [5.74, 6) is 0.971. The van der Waals surface area contributed by atoms with Crippen LogP contribution >= 0.6 is 0 Å². The third-order valence-corrected chi connectivity index (χ3v) is 3.93. The van der Waals surface area contributed by atoms with Gasteiger partial charge in [0.2, 0.25) is 0 Å². The van der Waals surface area contributed by atoms with E-state index >= 15 is 0 Å². The predicted molar refractivity (Wildman–Crippen MR) is 106 cm³/mol. The predicted octanol–water partition coefficient (Wildman–Crippen LogP) is 3.60. The van der Waals surface area contributed by atoms with Gasteiger partial charge in [0, 0.05) is 11.1 Å². The summed E-state index contributed by atoms with van der Waals surface area (Å²) in [6, 6.07) is 16.9. The molecule has 0 fully saturated rings. The molecule has 0 unspecified atom stereocenters. The second-order valence-corrected chi connectivity index (χ2v) is 5.80. The van der Waals surface area contributed by atoms with Crippen molar-refractivity contribution in [1.82, 2.24) is 4.98 Å². The number of rotatable bonds is 6. The van der Waals surface area contributed by atoms with Gasteiger partial charge < -0.3 is 20.1 Å². The first-order valence-corrected chi connectivity index (χ1v) is 8.46. The van der Waals surface area contributed by atoms with Gasteiger partial charge in [-0.2, -0.15) is 0 Å². The zero-order valence-corrected chi connectivity index (χ0v) is 15.4. The lowest BCUT2D eigenvalue weighted by atomic mass is 10.2. The molecule has 0 spiro atoms. The van der Waals surface area contributed by atoms with E-state index in [0.717, 1.165) is 0 Å².